The van der Waals surface area contributed by atoms with Crippen LogP contribution in [0.5, 0.6) is 17.2 Å². The van der Waals surface area contributed by atoms with Gasteiger partial charge in [0.05, 0.1) is 30.7 Å². The average molecular weight is 539 g/mol. The molecular weight excluding hydrogens is 506 g/mol. The van der Waals surface area contributed by atoms with Gasteiger partial charge >= 0.3 is 0 Å². The second-order valence-electron chi connectivity index (χ2n) is 9.02. The third kappa shape index (κ3) is 6.29. The molecular formula is C26H33Cl2FN4O3. The number of benzene rings is 1. The molecule has 196 valence electrons. The average Bonchev–Trinajstić information content (AvgIpc) is 2.88. The fourth-order valence-corrected chi connectivity index (χ4v) is 4.90. The zero-order valence-electron chi connectivity index (χ0n) is 20.6. The van der Waals surface area contributed by atoms with E-state index in [1.54, 1.807) is 13.3 Å². The number of likely N-dealkylation sites (tertiary alicyclic amines) is 1. The summed E-state index contributed by atoms with van der Waals surface area (Å²) in [6.45, 7) is 4.75. The molecule has 2 aromatic heterocycles. The van der Waals surface area contributed by atoms with Crippen molar-refractivity contribution in [3.05, 3.63) is 53.7 Å². The lowest BCUT2D eigenvalue weighted by atomic mass is 10.0. The number of aromatic nitrogens is 2. The molecule has 0 amide bonds. The van der Waals surface area contributed by atoms with Crippen molar-refractivity contribution in [3.63, 3.8) is 0 Å². The Morgan fingerprint density at radius 2 is 1.81 bits per heavy atom. The van der Waals surface area contributed by atoms with Crippen molar-refractivity contribution in [3.8, 4) is 17.2 Å². The topological polar surface area (TPSA) is 60.0 Å². The maximum atomic E-state index is 14.6. The van der Waals surface area contributed by atoms with Crippen LogP contribution in [-0.2, 0) is 13.0 Å². The molecule has 0 atom stereocenters. The van der Waals surface area contributed by atoms with E-state index in [2.05, 4.69) is 26.8 Å². The minimum atomic E-state index is -0.248. The van der Waals surface area contributed by atoms with Crippen LogP contribution in [0.25, 0.3) is 10.9 Å². The van der Waals surface area contributed by atoms with Gasteiger partial charge in [-0.2, -0.15) is 0 Å². The Bertz CT molecular complexity index is 1160. The summed E-state index contributed by atoms with van der Waals surface area (Å²) in [4.78, 5) is 13.6. The molecule has 4 heterocycles. The Morgan fingerprint density at radius 3 is 2.56 bits per heavy atom. The van der Waals surface area contributed by atoms with Gasteiger partial charge in [0.25, 0.3) is 0 Å². The van der Waals surface area contributed by atoms with E-state index in [1.807, 2.05) is 24.3 Å². The molecule has 0 bridgehead atoms. The van der Waals surface area contributed by atoms with E-state index >= 15 is 0 Å². The lowest BCUT2D eigenvalue weighted by Gasteiger charge is -2.36. The van der Waals surface area contributed by atoms with Crippen molar-refractivity contribution in [2.75, 3.05) is 47.0 Å². The zero-order valence-corrected chi connectivity index (χ0v) is 22.2. The van der Waals surface area contributed by atoms with Crippen LogP contribution in [-0.4, -0.2) is 72.8 Å². The van der Waals surface area contributed by atoms with Crippen molar-refractivity contribution in [1.29, 1.82) is 0 Å². The highest BCUT2D eigenvalue weighted by molar-refractivity contribution is 5.85. The van der Waals surface area contributed by atoms with E-state index in [9.17, 15) is 4.39 Å². The summed E-state index contributed by atoms with van der Waals surface area (Å²) in [6.07, 6.45) is 5.90. The highest BCUT2D eigenvalue weighted by Gasteiger charge is 2.24. The molecule has 1 aromatic carbocycles. The lowest BCUT2D eigenvalue weighted by Crippen LogP contribution is -2.43. The standard InChI is InChI=1S/C26H31FN4O3.2ClH/c1-30(17-18-13-25-26(16-28-18)34-12-11-33-25)19-5-8-31(9-6-19)10-7-21-22-14-20(32-2)3-4-24(22)29-15-23(21)27;;/h3-4,13-16,19H,5-12,17H2,1-2H3;2*1H. The summed E-state index contributed by atoms with van der Waals surface area (Å²) in [5, 5.41) is 0.834. The van der Waals surface area contributed by atoms with E-state index in [4.69, 9.17) is 14.2 Å². The molecule has 0 N–H and O–H groups in total. The van der Waals surface area contributed by atoms with Crippen molar-refractivity contribution in [2.45, 2.75) is 31.8 Å². The summed E-state index contributed by atoms with van der Waals surface area (Å²) in [5.41, 5.74) is 2.50. The number of hydrogen-bond donors (Lipinski definition) is 0. The molecule has 3 aromatic rings. The monoisotopic (exact) mass is 538 g/mol. The first-order valence-electron chi connectivity index (χ1n) is 11.9. The number of pyridine rings is 2. The van der Waals surface area contributed by atoms with Crippen LogP contribution in [0.15, 0.2) is 36.7 Å². The molecule has 0 radical (unpaired) electrons. The van der Waals surface area contributed by atoms with Crippen LogP contribution in [0.4, 0.5) is 4.39 Å². The summed E-state index contributed by atoms with van der Waals surface area (Å²) in [6, 6.07) is 8.11. The zero-order chi connectivity index (χ0) is 23.5. The third-order valence-corrected chi connectivity index (χ3v) is 6.89. The summed E-state index contributed by atoms with van der Waals surface area (Å²) < 4.78 is 31.2. The van der Waals surface area contributed by atoms with Crippen LogP contribution in [0.3, 0.4) is 0 Å². The SMILES string of the molecule is COc1ccc2ncc(F)c(CCN3CCC(N(C)Cc4cc5c(cn4)OCCO5)CC3)c2c1.Cl.Cl. The number of nitrogens with zero attached hydrogens (tertiary/aromatic N) is 4. The van der Waals surface area contributed by atoms with Gasteiger partial charge in [-0.3, -0.25) is 14.9 Å². The first-order chi connectivity index (χ1) is 16.6. The molecule has 0 spiro atoms. The Labute approximate surface area is 223 Å². The van der Waals surface area contributed by atoms with Crippen LogP contribution in [0.1, 0.15) is 24.1 Å². The molecule has 1 fully saturated rings. The Balaban J connectivity index is 0.00000180. The molecule has 36 heavy (non-hydrogen) atoms. The van der Waals surface area contributed by atoms with Crippen LogP contribution in [0, 0.1) is 5.82 Å². The largest absolute Gasteiger partial charge is 0.497 e. The summed E-state index contributed by atoms with van der Waals surface area (Å²) in [7, 11) is 3.78. The fourth-order valence-electron chi connectivity index (χ4n) is 4.90. The molecule has 0 aliphatic carbocycles. The van der Waals surface area contributed by atoms with Gasteiger partial charge in [-0.15, -0.1) is 24.8 Å². The van der Waals surface area contributed by atoms with Gasteiger partial charge in [-0.1, -0.05) is 0 Å². The van der Waals surface area contributed by atoms with Crippen LogP contribution >= 0.6 is 24.8 Å². The van der Waals surface area contributed by atoms with E-state index in [0.717, 1.165) is 72.9 Å². The van der Waals surface area contributed by atoms with Crippen molar-refractivity contribution in [2.24, 2.45) is 0 Å². The fraction of sp³-hybridized carbons (Fsp3) is 0.462. The van der Waals surface area contributed by atoms with Gasteiger partial charge in [-0.25, -0.2) is 4.39 Å². The number of fused-ring (bicyclic) bond motifs is 2. The molecule has 7 nitrogen and oxygen atoms in total. The van der Waals surface area contributed by atoms with Crippen molar-refractivity contribution < 1.29 is 18.6 Å². The lowest BCUT2D eigenvalue weighted by molar-refractivity contribution is 0.122. The minimum absolute atomic E-state index is 0. The van der Waals surface area contributed by atoms with Crippen molar-refractivity contribution >= 4 is 35.7 Å². The third-order valence-electron chi connectivity index (χ3n) is 6.89. The first-order valence-corrected chi connectivity index (χ1v) is 11.9. The van der Waals surface area contributed by atoms with Gasteiger partial charge in [0, 0.05) is 36.1 Å². The van der Waals surface area contributed by atoms with Gasteiger partial charge in [-0.05, 0) is 57.6 Å². The van der Waals surface area contributed by atoms with Gasteiger partial charge in [0.2, 0.25) is 0 Å². The second kappa shape index (κ2) is 12.7. The van der Waals surface area contributed by atoms with Gasteiger partial charge in [0.15, 0.2) is 11.5 Å². The minimum Gasteiger partial charge on any atom is -0.497 e. The predicted molar refractivity (Wildman–Crippen MR) is 143 cm³/mol. The van der Waals surface area contributed by atoms with Crippen molar-refractivity contribution in [1.82, 2.24) is 19.8 Å². The molecule has 0 unspecified atom stereocenters. The number of rotatable bonds is 7. The van der Waals surface area contributed by atoms with E-state index in [-0.39, 0.29) is 30.6 Å². The van der Waals surface area contributed by atoms with Crippen LogP contribution < -0.4 is 14.2 Å². The smallest absolute Gasteiger partial charge is 0.179 e. The Kier molecular flexibility index (Phi) is 9.96. The maximum absolute atomic E-state index is 14.6. The highest BCUT2D eigenvalue weighted by Crippen LogP contribution is 2.30. The number of ether oxygens (including phenoxy) is 3. The Morgan fingerprint density at radius 1 is 1.06 bits per heavy atom. The molecule has 2 aliphatic rings. The van der Waals surface area contributed by atoms with Gasteiger partial charge < -0.3 is 19.1 Å². The van der Waals surface area contributed by atoms with Gasteiger partial charge in [0.1, 0.15) is 24.8 Å². The molecule has 2 aliphatic heterocycles. The van der Waals surface area contributed by atoms with E-state index in [0.29, 0.717) is 31.2 Å². The maximum Gasteiger partial charge on any atom is 0.179 e. The molecule has 5 rings (SSSR count). The number of piperidine rings is 1. The molecule has 1 saturated heterocycles. The number of hydrogen-bond acceptors (Lipinski definition) is 7. The number of halogens is 3. The normalized spacial score (nSPS) is 15.9. The first kappa shape index (κ1) is 28.2. The molecule has 10 heteroatoms. The number of methoxy groups -OCH3 is 1. The summed E-state index contributed by atoms with van der Waals surface area (Å²) in [5.74, 6) is 1.98. The highest BCUT2D eigenvalue weighted by atomic mass is 35.5. The Hall–Kier alpha value is -2.39. The quantitative estimate of drug-likeness (QED) is 0.437. The van der Waals surface area contributed by atoms with Crippen LogP contribution in [0.2, 0.25) is 0 Å². The molecule has 0 saturated carbocycles. The van der Waals surface area contributed by atoms with E-state index < -0.39 is 0 Å². The predicted octanol–water partition coefficient (Wildman–Crippen LogP) is 4.53. The second-order valence-corrected chi connectivity index (χ2v) is 9.02. The summed E-state index contributed by atoms with van der Waals surface area (Å²) >= 11 is 0. The van der Waals surface area contributed by atoms with E-state index in [1.165, 1.54) is 6.20 Å².